The van der Waals surface area contributed by atoms with E-state index in [4.69, 9.17) is 5.11 Å². The molecular formula is C6H9O+. The van der Waals surface area contributed by atoms with Crippen molar-refractivity contribution >= 4 is 0 Å². The molecule has 1 aliphatic rings. The molecule has 0 unspecified atom stereocenters. The van der Waals surface area contributed by atoms with Crippen molar-refractivity contribution in [2.24, 2.45) is 0 Å². The van der Waals surface area contributed by atoms with Crippen molar-refractivity contribution < 1.29 is 5.11 Å². The van der Waals surface area contributed by atoms with Crippen LogP contribution in [0, 0.1) is 5.92 Å². The molecule has 0 fully saturated rings. The molecule has 7 heavy (non-hydrogen) atoms. The van der Waals surface area contributed by atoms with Crippen LogP contribution in [0.4, 0.5) is 0 Å². The minimum atomic E-state index is 0.528. The standard InChI is InChI=1S/C6H8O/c1-4-3-5(2)6(4)7/h3H2,1-2H3/p+1. The zero-order chi connectivity index (χ0) is 5.44. The van der Waals surface area contributed by atoms with Crippen LogP contribution >= 0.6 is 0 Å². The zero-order valence-electron chi connectivity index (χ0n) is 4.65. The Kier molecular flexibility index (Phi) is 0.775. The quantitative estimate of drug-likeness (QED) is 0.457. The van der Waals surface area contributed by atoms with Gasteiger partial charge in [0.2, 0.25) is 0 Å². The molecule has 1 rings (SSSR count). The number of hydrogen-bond acceptors (Lipinski definition) is 1. The molecule has 0 aliphatic heterocycles. The molecule has 0 saturated carbocycles. The summed E-state index contributed by atoms with van der Waals surface area (Å²) in [5, 5.41) is 8.83. The molecule has 0 heterocycles. The summed E-state index contributed by atoms with van der Waals surface area (Å²) < 4.78 is 0. The van der Waals surface area contributed by atoms with Gasteiger partial charge in [0.25, 0.3) is 5.76 Å². The van der Waals surface area contributed by atoms with Gasteiger partial charge in [-0.1, -0.05) is 0 Å². The monoisotopic (exact) mass is 97.1 g/mol. The highest BCUT2D eigenvalue weighted by atomic mass is 16.3. The van der Waals surface area contributed by atoms with Crippen molar-refractivity contribution in [3.8, 4) is 0 Å². The average molecular weight is 97.1 g/mol. The number of aliphatic hydroxyl groups is 1. The first kappa shape index (κ1) is 4.57. The lowest BCUT2D eigenvalue weighted by Crippen LogP contribution is -2.10. The second-order valence-corrected chi connectivity index (χ2v) is 2.09. The molecule has 0 spiro atoms. The van der Waals surface area contributed by atoms with Gasteiger partial charge < -0.3 is 5.11 Å². The molecule has 38 valence electrons. The van der Waals surface area contributed by atoms with Crippen molar-refractivity contribution in [1.29, 1.82) is 0 Å². The van der Waals surface area contributed by atoms with Gasteiger partial charge in [0.15, 0.2) is 0 Å². The second-order valence-electron chi connectivity index (χ2n) is 2.09. The van der Waals surface area contributed by atoms with E-state index in [1.165, 1.54) is 0 Å². The first-order valence-electron chi connectivity index (χ1n) is 2.43. The summed E-state index contributed by atoms with van der Waals surface area (Å²) in [6.07, 6.45) is 1.01. The fraction of sp³-hybridized carbons (Fsp3) is 0.500. The predicted octanol–water partition coefficient (Wildman–Crippen LogP) is 1.82. The van der Waals surface area contributed by atoms with E-state index in [0.29, 0.717) is 5.76 Å². The Morgan fingerprint density at radius 2 is 2.29 bits per heavy atom. The van der Waals surface area contributed by atoms with Gasteiger partial charge in [0.1, 0.15) is 17.9 Å². The van der Waals surface area contributed by atoms with Gasteiger partial charge in [0, 0.05) is 13.8 Å². The van der Waals surface area contributed by atoms with Gasteiger partial charge in [-0.25, -0.2) is 0 Å². The summed E-state index contributed by atoms with van der Waals surface area (Å²) in [6, 6.07) is 0. The first-order valence-corrected chi connectivity index (χ1v) is 2.43. The second kappa shape index (κ2) is 1.19. The molecule has 1 nitrogen and oxygen atoms in total. The Morgan fingerprint density at radius 1 is 1.71 bits per heavy atom. The lowest BCUT2D eigenvalue weighted by atomic mass is 9.87. The van der Waals surface area contributed by atoms with E-state index < -0.39 is 0 Å². The molecule has 0 aromatic heterocycles. The number of rotatable bonds is 0. The minimum Gasteiger partial charge on any atom is -0.477 e. The first-order chi connectivity index (χ1) is 3.22. The molecule has 0 saturated heterocycles. The minimum absolute atomic E-state index is 0.528. The molecule has 0 amide bonds. The molecule has 1 N–H and O–H groups in total. The van der Waals surface area contributed by atoms with E-state index in [1.807, 2.05) is 13.8 Å². The summed E-state index contributed by atoms with van der Waals surface area (Å²) >= 11 is 0. The van der Waals surface area contributed by atoms with Gasteiger partial charge in [-0.2, -0.15) is 0 Å². The van der Waals surface area contributed by atoms with Crippen LogP contribution < -0.4 is 0 Å². The maximum Gasteiger partial charge on any atom is 0.283 e. The van der Waals surface area contributed by atoms with E-state index in [-0.39, 0.29) is 0 Å². The normalized spacial score (nSPS) is 20.0. The molecule has 0 radical (unpaired) electrons. The van der Waals surface area contributed by atoms with E-state index >= 15 is 0 Å². The Morgan fingerprint density at radius 3 is 2.29 bits per heavy atom. The van der Waals surface area contributed by atoms with Gasteiger partial charge in [-0.15, -0.1) is 0 Å². The van der Waals surface area contributed by atoms with Crippen LogP contribution in [-0.4, -0.2) is 5.11 Å². The van der Waals surface area contributed by atoms with Crippen LogP contribution in [0.1, 0.15) is 20.3 Å². The van der Waals surface area contributed by atoms with Crippen molar-refractivity contribution in [2.75, 3.05) is 0 Å². The Bertz CT molecular complexity index is 113. The Balaban J connectivity index is 2.65. The highest BCUT2D eigenvalue weighted by Crippen LogP contribution is 2.32. The van der Waals surface area contributed by atoms with Crippen molar-refractivity contribution in [2.45, 2.75) is 20.3 Å². The average Bonchev–Trinajstić information content (AvgIpc) is 1.68. The molecule has 1 aliphatic carbocycles. The third-order valence-electron chi connectivity index (χ3n) is 1.34. The lowest BCUT2D eigenvalue weighted by Gasteiger charge is -2.09. The molecule has 0 aromatic carbocycles. The van der Waals surface area contributed by atoms with Crippen molar-refractivity contribution in [1.82, 2.24) is 0 Å². The summed E-state index contributed by atoms with van der Waals surface area (Å²) in [7, 11) is 0. The van der Waals surface area contributed by atoms with Crippen LogP contribution in [0.2, 0.25) is 0 Å². The largest absolute Gasteiger partial charge is 0.477 e. The van der Waals surface area contributed by atoms with E-state index in [0.717, 1.165) is 17.9 Å². The highest BCUT2D eigenvalue weighted by molar-refractivity contribution is 5.34. The smallest absolute Gasteiger partial charge is 0.283 e. The third kappa shape index (κ3) is 0.483. The maximum absolute atomic E-state index is 8.83. The van der Waals surface area contributed by atoms with Gasteiger partial charge in [-0.05, 0) is 0 Å². The maximum atomic E-state index is 8.83. The highest BCUT2D eigenvalue weighted by Gasteiger charge is 2.34. The van der Waals surface area contributed by atoms with Gasteiger partial charge in [-0.3, -0.25) is 0 Å². The topological polar surface area (TPSA) is 20.2 Å². The van der Waals surface area contributed by atoms with E-state index in [9.17, 15) is 0 Å². The summed E-state index contributed by atoms with van der Waals surface area (Å²) in [5.74, 6) is 1.65. The van der Waals surface area contributed by atoms with Crippen LogP contribution in [0.3, 0.4) is 0 Å². The molecule has 0 aromatic rings. The Hall–Kier alpha value is -0.590. The summed E-state index contributed by atoms with van der Waals surface area (Å²) in [4.78, 5) is 0. The van der Waals surface area contributed by atoms with Crippen molar-refractivity contribution in [3.63, 3.8) is 0 Å². The Labute approximate surface area is 43.7 Å². The van der Waals surface area contributed by atoms with E-state index in [2.05, 4.69) is 0 Å². The lowest BCUT2D eigenvalue weighted by molar-refractivity contribution is 0.369. The fourth-order valence-electron chi connectivity index (χ4n) is 0.823. The van der Waals surface area contributed by atoms with Gasteiger partial charge in [0.05, 0.1) is 0 Å². The number of hydrogen-bond donors (Lipinski definition) is 1. The summed E-state index contributed by atoms with van der Waals surface area (Å²) in [6.45, 7) is 3.89. The van der Waals surface area contributed by atoms with Gasteiger partial charge >= 0.3 is 0 Å². The third-order valence-corrected chi connectivity index (χ3v) is 1.34. The van der Waals surface area contributed by atoms with Crippen LogP contribution in [0.25, 0.3) is 0 Å². The molecule has 0 bridgehead atoms. The van der Waals surface area contributed by atoms with Crippen LogP contribution in [0.5, 0.6) is 0 Å². The number of allylic oxidation sites excluding steroid dienone is 2. The molecule has 0 atom stereocenters. The predicted molar refractivity (Wildman–Crippen MR) is 28.9 cm³/mol. The molecule has 1 heteroatoms. The number of aliphatic hydroxyl groups excluding tert-OH is 1. The summed E-state index contributed by atoms with van der Waals surface area (Å²) in [5.41, 5.74) is 1.12. The zero-order valence-corrected chi connectivity index (χ0v) is 4.65. The fourth-order valence-corrected chi connectivity index (χ4v) is 0.823. The van der Waals surface area contributed by atoms with Crippen molar-refractivity contribution in [3.05, 3.63) is 17.3 Å². The van der Waals surface area contributed by atoms with E-state index in [1.54, 1.807) is 0 Å². The molecular weight excluding hydrogens is 88.1 g/mol. The SMILES string of the molecule is CC1=C(O)[C+](C)C1. The van der Waals surface area contributed by atoms with Crippen LogP contribution in [-0.2, 0) is 0 Å². The van der Waals surface area contributed by atoms with Crippen LogP contribution in [0.15, 0.2) is 11.3 Å².